The molecule has 0 bridgehead atoms. The van der Waals surface area contributed by atoms with Gasteiger partial charge in [0.25, 0.3) is 0 Å². The zero-order chi connectivity index (χ0) is 12.5. The summed E-state index contributed by atoms with van der Waals surface area (Å²) in [6.07, 6.45) is 0. The molecule has 2 N–H and O–H groups in total. The number of hydrogen-bond acceptors (Lipinski definition) is 4. The molecule has 1 rings (SSSR count). The van der Waals surface area contributed by atoms with Crippen LogP contribution in [0.25, 0.3) is 0 Å². The van der Waals surface area contributed by atoms with Gasteiger partial charge in [0.1, 0.15) is 5.75 Å². The second-order valence-corrected chi connectivity index (χ2v) is 4.38. The van der Waals surface area contributed by atoms with E-state index in [1.165, 1.54) is 0 Å². The van der Waals surface area contributed by atoms with Gasteiger partial charge in [-0.15, -0.1) is 0 Å². The van der Waals surface area contributed by atoms with Crippen molar-refractivity contribution < 1.29 is 14.6 Å². The predicted octanol–water partition coefficient (Wildman–Crippen LogP) is 1.56. The Labute approximate surface area is 110 Å². The van der Waals surface area contributed by atoms with E-state index in [1.54, 1.807) is 7.11 Å². The van der Waals surface area contributed by atoms with Crippen LogP contribution < -0.4 is 10.1 Å². The maximum Gasteiger partial charge on any atom is 0.123 e. The first-order valence-electron chi connectivity index (χ1n) is 5.49. The lowest BCUT2D eigenvalue weighted by atomic mass is 10.2. The van der Waals surface area contributed by atoms with Gasteiger partial charge in [0.05, 0.1) is 26.9 Å². The topological polar surface area (TPSA) is 50.7 Å². The van der Waals surface area contributed by atoms with Crippen molar-refractivity contribution in [1.82, 2.24) is 5.32 Å². The van der Waals surface area contributed by atoms with Gasteiger partial charge in [0, 0.05) is 23.1 Å². The lowest BCUT2D eigenvalue weighted by molar-refractivity contribution is 0.0938. The summed E-state index contributed by atoms with van der Waals surface area (Å²) >= 11 is 3.43. The largest absolute Gasteiger partial charge is 0.496 e. The number of ether oxygens (including phenoxy) is 2. The molecule has 0 amide bonds. The standard InChI is InChI=1S/C12H18BrNO3/c1-16-12-3-2-11(13)8-10(12)9-14-4-6-17-7-5-15/h2-3,8,14-15H,4-7,9H2,1H3. The maximum atomic E-state index is 8.53. The third-order valence-electron chi connectivity index (χ3n) is 2.22. The summed E-state index contributed by atoms with van der Waals surface area (Å²) in [6.45, 7) is 2.53. The fraction of sp³-hybridized carbons (Fsp3) is 0.500. The Bertz CT molecular complexity index is 334. The van der Waals surface area contributed by atoms with Crippen molar-refractivity contribution in [3.8, 4) is 5.75 Å². The zero-order valence-corrected chi connectivity index (χ0v) is 11.5. The highest BCUT2D eigenvalue weighted by Crippen LogP contribution is 2.22. The van der Waals surface area contributed by atoms with Crippen LogP contribution in [0, 0.1) is 0 Å². The molecule has 0 aliphatic rings. The summed E-state index contributed by atoms with van der Waals surface area (Å²) in [4.78, 5) is 0. The van der Waals surface area contributed by atoms with E-state index in [1.807, 2.05) is 18.2 Å². The SMILES string of the molecule is COc1ccc(Br)cc1CNCCOCCO. The lowest BCUT2D eigenvalue weighted by Gasteiger charge is -2.10. The van der Waals surface area contributed by atoms with Crippen molar-refractivity contribution >= 4 is 15.9 Å². The highest BCUT2D eigenvalue weighted by atomic mass is 79.9. The van der Waals surface area contributed by atoms with Crippen molar-refractivity contribution in [1.29, 1.82) is 0 Å². The van der Waals surface area contributed by atoms with Crippen LogP contribution in [0.3, 0.4) is 0 Å². The number of hydrogen-bond donors (Lipinski definition) is 2. The van der Waals surface area contributed by atoms with Gasteiger partial charge in [0.2, 0.25) is 0 Å². The normalized spacial score (nSPS) is 10.5. The summed E-state index contributed by atoms with van der Waals surface area (Å²) in [5, 5.41) is 11.8. The molecule has 1 aromatic carbocycles. The summed E-state index contributed by atoms with van der Waals surface area (Å²) < 4.78 is 11.5. The first-order valence-corrected chi connectivity index (χ1v) is 6.29. The molecule has 17 heavy (non-hydrogen) atoms. The highest BCUT2D eigenvalue weighted by Gasteiger charge is 2.02. The van der Waals surface area contributed by atoms with Gasteiger partial charge >= 0.3 is 0 Å². The third kappa shape index (κ3) is 5.50. The van der Waals surface area contributed by atoms with Gasteiger partial charge in [-0.3, -0.25) is 0 Å². The zero-order valence-electron chi connectivity index (χ0n) is 9.91. The number of halogens is 1. The second-order valence-electron chi connectivity index (χ2n) is 3.47. The van der Waals surface area contributed by atoms with Crippen molar-refractivity contribution in [2.75, 3.05) is 33.5 Å². The summed E-state index contributed by atoms with van der Waals surface area (Å²) in [5.41, 5.74) is 1.10. The molecule has 0 fully saturated rings. The molecule has 0 spiro atoms. The van der Waals surface area contributed by atoms with Crippen LogP contribution in [0.4, 0.5) is 0 Å². The minimum atomic E-state index is 0.0689. The van der Waals surface area contributed by atoms with Crippen LogP contribution in [0.5, 0.6) is 5.75 Å². The number of rotatable bonds is 8. The summed E-state index contributed by atoms with van der Waals surface area (Å²) in [7, 11) is 1.66. The van der Waals surface area contributed by atoms with Gasteiger partial charge in [-0.05, 0) is 18.2 Å². The summed E-state index contributed by atoms with van der Waals surface area (Å²) in [5.74, 6) is 0.872. The predicted molar refractivity (Wildman–Crippen MR) is 70.3 cm³/mol. The van der Waals surface area contributed by atoms with Crippen LogP contribution in [-0.2, 0) is 11.3 Å². The third-order valence-corrected chi connectivity index (χ3v) is 2.71. The first kappa shape index (κ1) is 14.4. The molecule has 0 aromatic heterocycles. The van der Waals surface area contributed by atoms with Gasteiger partial charge < -0.3 is 19.9 Å². The van der Waals surface area contributed by atoms with E-state index in [0.717, 1.165) is 28.9 Å². The van der Waals surface area contributed by atoms with Crippen molar-refractivity contribution in [2.24, 2.45) is 0 Å². The van der Waals surface area contributed by atoms with Crippen LogP contribution in [0.15, 0.2) is 22.7 Å². The molecule has 1 aromatic rings. The van der Waals surface area contributed by atoms with Crippen molar-refractivity contribution in [2.45, 2.75) is 6.54 Å². The Morgan fingerprint density at radius 1 is 1.35 bits per heavy atom. The van der Waals surface area contributed by atoms with E-state index in [-0.39, 0.29) is 6.61 Å². The van der Waals surface area contributed by atoms with Crippen LogP contribution in [0.2, 0.25) is 0 Å². The minimum Gasteiger partial charge on any atom is -0.496 e. The average Bonchev–Trinajstić information content (AvgIpc) is 2.34. The molecule has 0 aliphatic carbocycles. The number of aliphatic hydroxyl groups is 1. The van der Waals surface area contributed by atoms with E-state index in [4.69, 9.17) is 14.6 Å². The van der Waals surface area contributed by atoms with Crippen LogP contribution in [-0.4, -0.2) is 38.6 Å². The molecule has 0 atom stereocenters. The Morgan fingerprint density at radius 3 is 2.88 bits per heavy atom. The molecule has 96 valence electrons. The molecule has 0 saturated heterocycles. The molecule has 0 heterocycles. The van der Waals surface area contributed by atoms with Crippen molar-refractivity contribution in [3.05, 3.63) is 28.2 Å². The second kappa shape index (κ2) is 8.47. The molecule has 0 unspecified atom stereocenters. The Kier molecular flexibility index (Phi) is 7.19. The van der Waals surface area contributed by atoms with E-state index < -0.39 is 0 Å². The fourth-order valence-electron chi connectivity index (χ4n) is 1.42. The summed E-state index contributed by atoms with van der Waals surface area (Å²) in [6, 6.07) is 5.91. The number of methoxy groups -OCH3 is 1. The van der Waals surface area contributed by atoms with Crippen molar-refractivity contribution in [3.63, 3.8) is 0 Å². The monoisotopic (exact) mass is 303 g/mol. The minimum absolute atomic E-state index is 0.0689. The average molecular weight is 304 g/mol. The smallest absolute Gasteiger partial charge is 0.123 e. The highest BCUT2D eigenvalue weighted by molar-refractivity contribution is 9.10. The number of aliphatic hydroxyl groups excluding tert-OH is 1. The Morgan fingerprint density at radius 2 is 2.18 bits per heavy atom. The van der Waals surface area contributed by atoms with Gasteiger partial charge in [-0.25, -0.2) is 0 Å². The van der Waals surface area contributed by atoms with Gasteiger partial charge in [-0.1, -0.05) is 15.9 Å². The Hall–Kier alpha value is -0.620. The lowest BCUT2D eigenvalue weighted by Crippen LogP contribution is -2.20. The molecule has 0 saturated carbocycles. The van der Waals surface area contributed by atoms with E-state index in [2.05, 4.69) is 21.2 Å². The van der Waals surface area contributed by atoms with E-state index in [9.17, 15) is 0 Å². The van der Waals surface area contributed by atoms with Gasteiger partial charge in [0.15, 0.2) is 0 Å². The van der Waals surface area contributed by atoms with E-state index in [0.29, 0.717) is 13.2 Å². The molecular weight excluding hydrogens is 286 g/mol. The molecule has 0 radical (unpaired) electrons. The molecular formula is C12H18BrNO3. The van der Waals surface area contributed by atoms with Crippen LogP contribution >= 0.6 is 15.9 Å². The Balaban J connectivity index is 2.32. The molecule has 0 aliphatic heterocycles. The fourth-order valence-corrected chi connectivity index (χ4v) is 1.83. The van der Waals surface area contributed by atoms with Gasteiger partial charge in [-0.2, -0.15) is 0 Å². The van der Waals surface area contributed by atoms with E-state index >= 15 is 0 Å². The maximum absolute atomic E-state index is 8.53. The number of benzene rings is 1. The molecule has 5 heteroatoms. The number of nitrogens with one attached hydrogen (secondary N) is 1. The molecule has 4 nitrogen and oxygen atoms in total. The first-order chi connectivity index (χ1) is 8.27. The van der Waals surface area contributed by atoms with Crippen LogP contribution in [0.1, 0.15) is 5.56 Å². The quantitative estimate of drug-likeness (QED) is 0.716.